The summed E-state index contributed by atoms with van der Waals surface area (Å²) in [7, 11) is 0. The number of hydrogen-bond acceptors (Lipinski definition) is 3. The predicted molar refractivity (Wildman–Crippen MR) is 92.2 cm³/mol. The second-order valence-corrected chi connectivity index (χ2v) is 6.11. The fourth-order valence-corrected chi connectivity index (χ4v) is 3.21. The highest BCUT2D eigenvalue weighted by atomic mass is 32.1. The fraction of sp³-hybridized carbons (Fsp3) is 0.111. The van der Waals surface area contributed by atoms with Crippen LogP contribution in [-0.4, -0.2) is 17.0 Å². The molecule has 1 aromatic heterocycles. The average molecular weight is 325 g/mol. The molecule has 0 aliphatic carbocycles. The van der Waals surface area contributed by atoms with Gasteiger partial charge in [-0.05, 0) is 34.2 Å². The maximum atomic E-state index is 12.0. The lowest BCUT2D eigenvalue weighted by molar-refractivity contribution is -0.116. The lowest BCUT2D eigenvalue weighted by Crippen LogP contribution is -2.13. The minimum absolute atomic E-state index is 0.133. The van der Waals surface area contributed by atoms with E-state index in [0.717, 1.165) is 10.9 Å². The topological polar surface area (TPSA) is 66.4 Å². The summed E-state index contributed by atoms with van der Waals surface area (Å²) < 4.78 is 0. The third kappa shape index (κ3) is 3.57. The van der Waals surface area contributed by atoms with E-state index in [1.54, 1.807) is 5.38 Å². The minimum atomic E-state index is -1.03. The highest BCUT2D eigenvalue weighted by Crippen LogP contribution is 2.23. The molecule has 0 spiro atoms. The molecule has 0 unspecified atom stereocenters. The fourth-order valence-electron chi connectivity index (χ4n) is 2.42. The number of carbonyl (C=O) groups is 2. The van der Waals surface area contributed by atoms with Gasteiger partial charge in [-0.15, -0.1) is 11.3 Å². The Hall–Kier alpha value is -2.66. The molecule has 2 aromatic carbocycles. The van der Waals surface area contributed by atoms with Gasteiger partial charge in [0, 0.05) is 6.42 Å². The van der Waals surface area contributed by atoms with Gasteiger partial charge in [0.15, 0.2) is 0 Å². The Balaban J connectivity index is 1.63. The molecule has 3 aromatic rings. The van der Waals surface area contributed by atoms with E-state index in [2.05, 4.69) is 17.4 Å². The van der Waals surface area contributed by atoms with Gasteiger partial charge in [-0.1, -0.05) is 42.5 Å². The zero-order valence-corrected chi connectivity index (χ0v) is 13.1. The average Bonchev–Trinajstić information content (AvgIpc) is 3.01. The Morgan fingerprint density at radius 1 is 1.04 bits per heavy atom. The van der Waals surface area contributed by atoms with Crippen LogP contribution in [-0.2, 0) is 11.2 Å². The van der Waals surface area contributed by atoms with Gasteiger partial charge in [0.05, 0.1) is 5.56 Å². The molecule has 3 rings (SSSR count). The van der Waals surface area contributed by atoms with Crippen LogP contribution in [0, 0.1) is 0 Å². The van der Waals surface area contributed by atoms with Crippen molar-refractivity contribution in [2.24, 2.45) is 0 Å². The highest BCUT2D eigenvalue weighted by molar-refractivity contribution is 7.14. The monoisotopic (exact) mass is 325 g/mol. The first kappa shape index (κ1) is 15.2. The van der Waals surface area contributed by atoms with E-state index in [0.29, 0.717) is 17.8 Å². The van der Waals surface area contributed by atoms with Crippen molar-refractivity contribution in [3.63, 3.8) is 0 Å². The lowest BCUT2D eigenvalue weighted by Gasteiger charge is -2.06. The molecular formula is C18H15NO3S. The third-order valence-electron chi connectivity index (χ3n) is 3.60. The molecule has 2 N–H and O–H groups in total. The number of hydrogen-bond donors (Lipinski definition) is 2. The number of aryl methyl sites for hydroxylation is 1. The summed E-state index contributed by atoms with van der Waals surface area (Å²) >= 11 is 1.22. The Morgan fingerprint density at radius 3 is 2.61 bits per heavy atom. The summed E-state index contributed by atoms with van der Waals surface area (Å²) in [6.07, 6.45) is 0.930. The van der Waals surface area contributed by atoms with Crippen LogP contribution in [0.1, 0.15) is 22.3 Å². The van der Waals surface area contributed by atoms with Gasteiger partial charge in [-0.3, -0.25) is 4.79 Å². The summed E-state index contributed by atoms with van der Waals surface area (Å²) in [4.78, 5) is 23.0. The standard InChI is InChI=1S/C18H15NO3S/c20-16(19-17-15(18(21)22)9-10-23-17)8-6-12-5-7-13-3-1-2-4-14(13)11-12/h1-5,7,9-11H,6,8H2,(H,19,20)(H,21,22). The number of nitrogens with one attached hydrogen (secondary N) is 1. The summed E-state index contributed by atoms with van der Waals surface area (Å²) in [6.45, 7) is 0. The molecule has 0 atom stereocenters. The molecule has 0 fully saturated rings. The number of thiophene rings is 1. The highest BCUT2D eigenvalue weighted by Gasteiger charge is 2.13. The number of carbonyl (C=O) groups excluding carboxylic acids is 1. The van der Waals surface area contributed by atoms with Crippen molar-refractivity contribution in [3.05, 3.63) is 65.0 Å². The zero-order valence-electron chi connectivity index (χ0n) is 12.3. The Bertz CT molecular complexity index is 869. The molecule has 4 nitrogen and oxygen atoms in total. The van der Waals surface area contributed by atoms with Gasteiger partial charge >= 0.3 is 5.97 Å². The smallest absolute Gasteiger partial charge is 0.338 e. The molecule has 1 amide bonds. The molecule has 0 saturated carbocycles. The molecule has 0 radical (unpaired) electrons. The number of anilines is 1. The van der Waals surface area contributed by atoms with Crippen molar-refractivity contribution < 1.29 is 14.7 Å². The molecule has 1 heterocycles. The van der Waals surface area contributed by atoms with E-state index in [-0.39, 0.29) is 11.5 Å². The lowest BCUT2D eigenvalue weighted by atomic mass is 10.0. The maximum Gasteiger partial charge on any atom is 0.338 e. The first-order chi connectivity index (χ1) is 11.1. The van der Waals surface area contributed by atoms with Crippen molar-refractivity contribution in [2.45, 2.75) is 12.8 Å². The molecule has 0 saturated heterocycles. The second kappa shape index (κ2) is 6.62. The molecular weight excluding hydrogens is 310 g/mol. The number of rotatable bonds is 5. The Labute approximate surface area is 137 Å². The molecule has 23 heavy (non-hydrogen) atoms. The van der Waals surface area contributed by atoms with Gasteiger partial charge < -0.3 is 10.4 Å². The molecule has 0 bridgehead atoms. The van der Waals surface area contributed by atoms with E-state index in [4.69, 9.17) is 5.11 Å². The second-order valence-electron chi connectivity index (χ2n) is 5.20. The number of aromatic carboxylic acids is 1. The molecule has 0 aliphatic heterocycles. The van der Waals surface area contributed by atoms with E-state index in [1.807, 2.05) is 30.3 Å². The van der Waals surface area contributed by atoms with Crippen LogP contribution in [0.5, 0.6) is 0 Å². The normalized spacial score (nSPS) is 10.6. The first-order valence-electron chi connectivity index (χ1n) is 7.22. The van der Waals surface area contributed by atoms with Gasteiger partial charge in [-0.25, -0.2) is 4.79 Å². The van der Waals surface area contributed by atoms with Gasteiger partial charge in [-0.2, -0.15) is 0 Å². The largest absolute Gasteiger partial charge is 0.478 e. The van der Waals surface area contributed by atoms with Crippen LogP contribution >= 0.6 is 11.3 Å². The van der Waals surface area contributed by atoms with Crippen molar-refractivity contribution in [1.82, 2.24) is 0 Å². The van der Waals surface area contributed by atoms with Crippen LogP contribution in [0.4, 0.5) is 5.00 Å². The van der Waals surface area contributed by atoms with Crippen LogP contribution < -0.4 is 5.32 Å². The van der Waals surface area contributed by atoms with E-state index in [9.17, 15) is 9.59 Å². The molecule has 116 valence electrons. The van der Waals surface area contributed by atoms with Crippen LogP contribution in [0.3, 0.4) is 0 Å². The van der Waals surface area contributed by atoms with Crippen molar-refractivity contribution in [2.75, 3.05) is 5.32 Å². The third-order valence-corrected chi connectivity index (χ3v) is 4.43. The number of fused-ring (bicyclic) bond motifs is 1. The maximum absolute atomic E-state index is 12.0. The van der Waals surface area contributed by atoms with Gasteiger partial charge in [0.25, 0.3) is 0 Å². The van der Waals surface area contributed by atoms with Crippen LogP contribution in [0.2, 0.25) is 0 Å². The quantitative estimate of drug-likeness (QED) is 0.740. The number of amides is 1. The zero-order chi connectivity index (χ0) is 16.2. The molecule has 0 aliphatic rings. The first-order valence-corrected chi connectivity index (χ1v) is 8.10. The Kier molecular flexibility index (Phi) is 4.39. The van der Waals surface area contributed by atoms with Crippen LogP contribution in [0.25, 0.3) is 10.8 Å². The number of carboxylic acids is 1. The van der Waals surface area contributed by atoms with Gasteiger partial charge in [0.2, 0.25) is 5.91 Å². The van der Waals surface area contributed by atoms with E-state index < -0.39 is 5.97 Å². The Morgan fingerprint density at radius 2 is 1.83 bits per heavy atom. The summed E-state index contributed by atoms with van der Waals surface area (Å²) in [5, 5.41) is 16.1. The summed E-state index contributed by atoms with van der Waals surface area (Å²) in [6, 6.07) is 15.7. The molecule has 5 heteroatoms. The minimum Gasteiger partial charge on any atom is -0.478 e. The van der Waals surface area contributed by atoms with E-state index >= 15 is 0 Å². The number of carboxylic acid groups (broad SMARTS) is 1. The van der Waals surface area contributed by atoms with E-state index in [1.165, 1.54) is 22.8 Å². The summed E-state index contributed by atoms with van der Waals surface area (Å²) in [5.41, 5.74) is 1.22. The van der Waals surface area contributed by atoms with Crippen LogP contribution in [0.15, 0.2) is 53.9 Å². The number of benzene rings is 2. The van der Waals surface area contributed by atoms with Crippen molar-refractivity contribution in [1.29, 1.82) is 0 Å². The predicted octanol–water partition coefficient (Wildman–Crippen LogP) is 4.17. The SMILES string of the molecule is O=C(CCc1ccc2ccccc2c1)Nc1sccc1C(=O)O. The van der Waals surface area contributed by atoms with Crippen molar-refractivity contribution >= 4 is 39.0 Å². The van der Waals surface area contributed by atoms with Crippen molar-refractivity contribution in [3.8, 4) is 0 Å². The van der Waals surface area contributed by atoms with Gasteiger partial charge in [0.1, 0.15) is 5.00 Å². The summed E-state index contributed by atoms with van der Waals surface area (Å²) in [5.74, 6) is -1.21.